The van der Waals surface area contributed by atoms with Gasteiger partial charge in [0.1, 0.15) is 0 Å². The molecule has 134 valence electrons. The molecule has 5 heteroatoms. The fourth-order valence-corrected chi connectivity index (χ4v) is 3.81. The van der Waals surface area contributed by atoms with Crippen LogP contribution < -0.4 is 0 Å². The molecular formula is C19H29Br2N3. The minimum absolute atomic E-state index is 0.643. The second-order valence-electron chi connectivity index (χ2n) is 6.72. The number of nitrogens with zero attached hydrogens (tertiary/aromatic N) is 3. The summed E-state index contributed by atoms with van der Waals surface area (Å²) >= 11 is 7.17. The topological polar surface area (TPSA) is 30.7 Å². The highest BCUT2D eigenvalue weighted by Crippen LogP contribution is 2.20. The van der Waals surface area contributed by atoms with Crippen LogP contribution in [0.2, 0.25) is 0 Å². The van der Waals surface area contributed by atoms with Gasteiger partial charge in [0.25, 0.3) is 0 Å². The third-order valence-electron chi connectivity index (χ3n) is 4.45. The summed E-state index contributed by atoms with van der Waals surface area (Å²) in [6, 6.07) is 0. The van der Waals surface area contributed by atoms with Crippen molar-refractivity contribution in [2.45, 2.75) is 76.1 Å². The van der Waals surface area contributed by atoms with E-state index >= 15 is 0 Å². The highest BCUT2D eigenvalue weighted by Gasteiger charge is 2.10. The first-order chi connectivity index (χ1) is 11.6. The third-order valence-corrected chi connectivity index (χ3v) is 5.52. The van der Waals surface area contributed by atoms with Gasteiger partial charge in [-0.2, -0.15) is 9.90 Å². The zero-order valence-electron chi connectivity index (χ0n) is 14.6. The van der Waals surface area contributed by atoms with Crippen molar-refractivity contribution in [1.82, 2.24) is 15.0 Å². The van der Waals surface area contributed by atoms with E-state index < -0.39 is 0 Å². The Morgan fingerprint density at radius 3 is 2.75 bits per heavy atom. The van der Waals surface area contributed by atoms with E-state index in [1.54, 1.807) is 0 Å². The smallest absolute Gasteiger partial charge is 0.151 e. The second-order valence-corrected chi connectivity index (χ2v) is 9.03. The summed E-state index contributed by atoms with van der Waals surface area (Å²) in [6.07, 6.45) is 19.8. The van der Waals surface area contributed by atoms with Crippen LogP contribution in [0, 0.1) is 5.92 Å². The van der Waals surface area contributed by atoms with Crippen molar-refractivity contribution in [2.75, 3.05) is 0 Å². The van der Waals surface area contributed by atoms with Crippen molar-refractivity contribution in [2.24, 2.45) is 5.92 Å². The largest absolute Gasteiger partial charge is 0.184 e. The zero-order valence-corrected chi connectivity index (χ0v) is 17.8. The van der Waals surface area contributed by atoms with E-state index in [1.165, 1.54) is 44.9 Å². The Balaban J connectivity index is 1.62. The molecular weight excluding hydrogens is 430 g/mol. The molecule has 0 N–H and O–H groups in total. The van der Waals surface area contributed by atoms with Crippen LogP contribution in [-0.4, -0.2) is 19.8 Å². The molecule has 0 saturated heterocycles. The summed E-state index contributed by atoms with van der Waals surface area (Å²) in [5.74, 6) is 0.700. The van der Waals surface area contributed by atoms with Crippen molar-refractivity contribution in [1.29, 1.82) is 0 Å². The standard InChI is InChI=1S/C19H29Br2N3/c1-16(20)10-5-2-3-8-15-24-22-18(19(21)23-24)14-9-13-17-11-6-4-7-12-17/h4,6-7,11,16-17H,2-3,5,8-10,12-15H2,1H3. The number of unbranched alkanes of at least 4 members (excludes halogenated alkanes) is 3. The maximum absolute atomic E-state index is 4.66. The molecule has 0 fully saturated rings. The Bertz CT molecular complexity index is 535. The average Bonchev–Trinajstić information content (AvgIpc) is 2.91. The average molecular weight is 459 g/mol. The lowest BCUT2D eigenvalue weighted by Gasteiger charge is -2.11. The van der Waals surface area contributed by atoms with E-state index in [1.807, 2.05) is 4.80 Å². The van der Waals surface area contributed by atoms with Crippen LogP contribution >= 0.6 is 31.9 Å². The third kappa shape index (κ3) is 7.64. The van der Waals surface area contributed by atoms with Gasteiger partial charge in [-0.1, -0.05) is 66.4 Å². The molecule has 2 unspecified atom stereocenters. The first-order valence-corrected chi connectivity index (χ1v) is 10.9. The lowest BCUT2D eigenvalue weighted by Crippen LogP contribution is -2.03. The van der Waals surface area contributed by atoms with E-state index in [-0.39, 0.29) is 0 Å². The lowest BCUT2D eigenvalue weighted by molar-refractivity contribution is 0.478. The number of hydrogen-bond donors (Lipinski definition) is 0. The Morgan fingerprint density at radius 2 is 2.00 bits per heavy atom. The highest BCUT2D eigenvalue weighted by molar-refractivity contribution is 9.10. The predicted molar refractivity (Wildman–Crippen MR) is 109 cm³/mol. The van der Waals surface area contributed by atoms with Gasteiger partial charge in [-0.15, -0.1) is 5.10 Å². The summed E-state index contributed by atoms with van der Waals surface area (Å²) < 4.78 is 0.926. The van der Waals surface area contributed by atoms with Gasteiger partial charge in [0.05, 0.1) is 12.2 Å². The molecule has 0 saturated carbocycles. The van der Waals surface area contributed by atoms with Gasteiger partial charge >= 0.3 is 0 Å². The van der Waals surface area contributed by atoms with Gasteiger partial charge < -0.3 is 0 Å². The first-order valence-electron chi connectivity index (χ1n) is 9.22. The van der Waals surface area contributed by atoms with Crippen molar-refractivity contribution in [3.8, 4) is 0 Å². The SMILES string of the molecule is CC(Br)CCCCCCn1nc(Br)c(CCCC2C=CC=CC2)n1. The van der Waals surface area contributed by atoms with Crippen LogP contribution in [0.15, 0.2) is 28.9 Å². The van der Waals surface area contributed by atoms with Gasteiger partial charge in [0.15, 0.2) is 4.60 Å². The minimum Gasteiger partial charge on any atom is -0.184 e. The molecule has 1 aliphatic rings. The number of halogens is 2. The molecule has 1 aliphatic carbocycles. The summed E-state index contributed by atoms with van der Waals surface area (Å²) in [7, 11) is 0. The summed E-state index contributed by atoms with van der Waals surface area (Å²) in [5, 5.41) is 9.17. The molecule has 3 nitrogen and oxygen atoms in total. The van der Waals surface area contributed by atoms with Crippen molar-refractivity contribution >= 4 is 31.9 Å². The van der Waals surface area contributed by atoms with E-state index in [0.717, 1.165) is 29.7 Å². The number of aryl methyl sites for hydroxylation is 2. The van der Waals surface area contributed by atoms with Gasteiger partial charge in [-0.3, -0.25) is 0 Å². The number of alkyl halides is 1. The quantitative estimate of drug-likeness (QED) is 0.290. The van der Waals surface area contributed by atoms with Gasteiger partial charge in [0.2, 0.25) is 0 Å². The minimum atomic E-state index is 0.643. The lowest BCUT2D eigenvalue weighted by atomic mass is 9.95. The molecule has 1 heterocycles. The molecule has 2 atom stereocenters. The second kappa shape index (κ2) is 11.2. The van der Waals surface area contributed by atoms with Crippen LogP contribution in [0.1, 0.15) is 64.0 Å². The van der Waals surface area contributed by atoms with Crippen LogP contribution in [0.25, 0.3) is 0 Å². The molecule has 0 bridgehead atoms. The van der Waals surface area contributed by atoms with Crippen LogP contribution in [0.4, 0.5) is 0 Å². The molecule has 1 aromatic rings. The van der Waals surface area contributed by atoms with Crippen LogP contribution in [0.5, 0.6) is 0 Å². The summed E-state index contributed by atoms with van der Waals surface area (Å²) in [4.78, 5) is 2.51. The normalized spacial score (nSPS) is 18.2. The first kappa shape index (κ1) is 19.9. The molecule has 2 rings (SSSR count). The van der Waals surface area contributed by atoms with Crippen molar-refractivity contribution in [3.05, 3.63) is 34.6 Å². The number of aromatic nitrogens is 3. The molecule has 1 aromatic heterocycles. The Morgan fingerprint density at radius 1 is 1.17 bits per heavy atom. The van der Waals surface area contributed by atoms with E-state index in [2.05, 4.69) is 73.3 Å². The van der Waals surface area contributed by atoms with E-state index in [0.29, 0.717) is 10.7 Å². The monoisotopic (exact) mass is 457 g/mol. The van der Waals surface area contributed by atoms with Crippen molar-refractivity contribution in [3.63, 3.8) is 0 Å². The van der Waals surface area contributed by atoms with Gasteiger partial charge in [-0.25, -0.2) is 0 Å². The fourth-order valence-electron chi connectivity index (χ4n) is 3.03. The van der Waals surface area contributed by atoms with Crippen LogP contribution in [-0.2, 0) is 13.0 Å². The molecule has 0 radical (unpaired) electrons. The molecule has 0 spiro atoms. The molecule has 0 aliphatic heterocycles. The van der Waals surface area contributed by atoms with E-state index in [9.17, 15) is 0 Å². The number of hydrogen-bond acceptors (Lipinski definition) is 2. The van der Waals surface area contributed by atoms with Gasteiger partial charge in [0, 0.05) is 4.83 Å². The molecule has 24 heavy (non-hydrogen) atoms. The van der Waals surface area contributed by atoms with Gasteiger partial charge in [-0.05, 0) is 60.4 Å². The predicted octanol–water partition coefficient (Wildman–Crippen LogP) is 6.23. The maximum atomic E-state index is 4.66. The Kier molecular flexibility index (Phi) is 9.32. The van der Waals surface area contributed by atoms with E-state index in [4.69, 9.17) is 0 Å². The van der Waals surface area contributed by atoms with Crippen molar-refractivity contribution < 1.29 is 0 Å². The van der Waals surface area contributed by atoms with Crippen LogP contribution in [0.3, 0.4) is 0 Å². The Labute approximate surface area is 163 Å². The Hall–Kier alpha value is -0.420. The molecule has 0 aromatic carbocycles. The fraction of sp³-hybridized carbons (Fsp3) is 0.684. The number of rotatable bonds is 11. The maximum Gasteiger partial charge on any atom is 0.151 e. The summed E-state index contributed by atoms with van der Waals surface area (Å²) in [5.41, 5.74) is 1.11. The number of allylic oxidation sites excluding steroid dienone is 4. The molecule has 0 amide bonds. The summed E-state index contributed by atoms with van der Waals surface area (Å²) in [6.45, 7) is 3.15. The zero-order chi connectivity index (χ0) is 17.2. The highest BCUT2D eigenvalue weighted by atomic mass is 79.9.